The standard InChI is InChI=1S/C7H14N4S2/c1-2-3-4-12-5-6-10-11-7(9-8)13-6/h2-5,8H2,1H3,(H,9,11). The van der Waals surface area contributed by atoms with Gasteiger partial charge in [-0.05, 0) is 12.2 Å². The van der Waals surface area contributed by atoms with E-state index in [-0.39, 0.29) is 0 Å². The Balaban J connectivity index is 2.20. The first kappa shape index (κ1) is 10.7. The van der Waals surface area contributed by atoms with Gasteiger partial charge in [-0.3, -0.25) is 5.43 Å². The van der Waals surface area contributed by atoms with Crippen molar-refractivity contribution in [3.63, 3.8) is 0 Å². The summed E-state index contributed by atoms with van der Waals surface area (Å²) < 4.78 is 0. The van der Waals surface area contributed by atoms with Gasteiger partial charge in [0.25, 0.3) is 0 Å². The Kier molecular flexibility index (Phi) is 5.10. The largest absolute Gasteiger partial charge is 0.298 e. The number of hydrazine groups is 1. The topological polar surface area (TPSA) is 63.8 Å². The SMILES string of the molecule is CCCCSCc1nnc(NN)s1. The summed E-state index contributed by atoms with van der Waals surface area (Å²) in [5, 5.41) is 9.56. The maximum atomic E-state index is 5.19. The summed E-state index contributed by atoms with van der Waals surface area (Å²) in [6.07, 6.45) is 2.52. The Morgan fingerprint density at radius 2 is 2.38 bits per heavy atom. The van der Waals surface area contributed by atoms with Gasteiger partial charge in [0.2, 0.25) is 5.13 Å². The molecule has 0 amide bonds. The lowest BCUT2D eigenvalue weighted by molar-refractivity contribution is 0.895. The molecule has 0 spiro atoms. The zero-order valence-electron chi connectivity index (χ0n) is 7.62. The van der Waals surface area contributed by atoms with Crippen molar-refractivity contribution in [1.29, 1.82) is 0 Å². The number of nitrogens with zero attached hydrogens (tertiary/aromatic N) is 2. The van der Waals surface area contributed by atoms with Crippen LogP contribution in [0.15, 0.2) is 0 Å². The minimum atomic E-state index is 0.686. The van der Waals surface area contributed by atoms with Crippen LogP contribution >= 0.6 is 23.1 Å². The Morgan fingerprint density at radius 3 is 3.00 bits per heavy atom. The van der Waals surface area contributed by atoms with E-state index in [1.165, 1.54) is 29.9 Å². The van der Waals surface area contributed by atoms with Gasteiger partial charge >= 0.3 is 0 Å². The monoisotopic (exact) mass is 218 g/mol. The predicted molar refractivity (Wildman–Crippen MR) is 58.8 cm³/mol. The number of nitrogens with one attached hydrogen (secondary N) is 1. The van der Waals surface area contributed by atoms with E-state index in [9.17, 15) is 0 Å². The summed E-state index contributed by atoms with van der Waals surface area (Å²) in [5.74, 6) is 7.33. The van der Waals surface area contributed by atoms with Crippen molar-refractivity contribution < 1.29 is 0 Å². The van der Waals surface area contributed by atoms with Crippen molar-refractivity contribution in [3.8, 4) is 0 Å². The first-order valence-electron chi connectivity index (χ1n) is 4.23. The highest BCUT2D eigenvalue weighted by atomic mass is 32.2. The smallest absolute Gasteiger partial charge is 0.219 e. The minimum absolute atomic E-state index is 0.686. The van der Waals surface area contributed by atoms with Gasteiger partial charge in [-0.1, -0.05) is 24.7 Å². The van der Waals surface area contributed by atoms with Crippen LogP contribution in [0.3, 0.4) is 0 Å². The molecule has 0 aliphatic carbocycles. The van der Waals surface area contributed by atoms with Crippen LogP contribution in [-0.4, -0.2) is 16.0 Å². The van der Waals surface area contributed by atoms with E-state index in [4.69, 9.17) is 5.84 Å². The van der Waals surface area contributed by atoms with Crippen molar-refractivity contribution in [2.24, 2.45) is 5.84 Å². The molecule has 0 aliphatic heterocycles. The van der Waals surface area contributed by atoms with Gasteiger partial charge in [-0.2, -0.15) is 11.8 Å². The molecule has 6 heteroatoms. The van der Waals surface area contributed by atoms with Crippen LogP contribution in [0.2, 0.25) is 0 Å². The minimum Gasteiger partial charge on any atom is -0.298 e. The summed E-state index contributed by atoms with van der Waals surface area (Å²) in [7, 11) is 0. The number of aromatic nitrogens is 2. The molecule has 0 saturated heterocycles. The molecule has 0 aliphatic rings. The second kappa shape index (κ2) is 6.17. The lowest BCUT2D eigenvalue weighted by atomic mass is 10.4. The van der Waals surface area contributed by atoms with Crippen molar-refractivity contribution in [2.75, 3.05) is 11.2 Å². The summed E-state index contributed by atoms with van der Waals surface area (Å²) in [6.45, 7) is 2.20. The van der Waals surface area contributed by atoms with Crippen molar-refractivity contribution >= 4 is 28.2 Å². The van der Waals surface area contributed by atoms with Crippen LogP contribution in [0.5, 0.6) is 0 Å². The third kappa shape index (κ3) is 3.93. The first-order chi connectivity index (χ1) is 6.36. The molecule has 0 saturated carbocycles. The van der Waals surface area contributed by atoms with Crippen LogP contribution in [-0.2, 0) is 5.75 Å². The Bertz CT molecular complexity index is 238. The van der Waals surface area contributed by atoms with Gasteiger partial charge in [-0.15, -0.1) is 10.2 Å². The van der Waals surface area contributed by atoms with Crippen LogP contribution in [0.1, 0.15) is 24.8 Å². The van der Waals surface area contributed by atoms with Crippen molar-refractivity contribution in [3.05, 3.63) is 5.01 Å². The second-order valence-corrected chi connectivity index (χ2v) is 4.72. The van der Waals surface area contributed by atoms with E-state index < -0.39 is 0 Å². The van der Waals surface area contributed by atoms with Crippen LogP contribution in [0.4, 0.5) is 5.13 Å². The zero-order valence-corrected chi connectivity index (χ0v) is 9.25. The van der Waals surface area contributed by atoms with E-state index in [0.717, 1.165) is 10.8 Å². The number of nitrogen functional groups attached to an aromatic ring is 1. The van der Waals surface area contributed by atoms with Crippen molar-refractivity contribution in [1.82, 2.24) is 10.2 Å². The molecule has 1 heterocycles. The zero-order chi connectivity index (χ0) is 9.52. The fourth-order valence-corrected chi connectivity index (χ4v) is 2.58. The number of unbranched alkanes of at least 4 members (excludes halogenated alkanes) is 1. The number of hydrogen-bond donors (Lipinski definition) is 2. The Hall–Kier alpha value is -0.330. The quantitative estimate of drug-likeness (QED) is 0.433. The Labute approximate surface area is 86.3 Å². The predicted octanol–water partition coefficient (Wildman–Crippen LogP) is 1.86. The molecule has 0 atom stereocenters. The maximum Gasteiger partial charge on any atom is 0.219 e. The van der Waals surface area contributed by atoms with E-state index in [1.807, 2.05) is 11.8 Å². The van der Waals surface area contributed by atoms with Gasteiger partial charge in [0.1, 0.15) is 5.01 Å². The van der Waals surface area contributed by atoms with E-state index >= 15 is 0 Å². The highest BCUT2D eigenvalue weighted by molar-refractivity contribution is 7.98. The van der Waals surface area contributed by atoms with E-state index in [1.54, 1.807) is 0 Å². The number of nitrogens with two attached hydrogens (primary N) is 1. The molecule has 0 bridgehead atoms. The van der Waals surface area contributed by atoms with Gasteiger partial charge in [0, 0.05) is 5.75 Å². The van der Waals surface area contributed by atoms with Crippen molar-refractivity contribution in [2.45, 2.75) is 25.5 Å². The molecule has 0 aromatic carbocycles. The number of rotatable bonds is 6. The molecule has 0 radical (unpaired) electrons. The maximum absolute atomic E-state index is 5.19. The van der Waals surface area contributed by atoms with Crippen LogP contribution in [0.25, 0.3) is 0 Å². The molecule has 1 aromatic rings. The molecule has 13 heavy (non-hydrogen) atoms. The summed E-state index contributed by atoms with van der Waals surface area (Å²) in [4.78, 5) is 0. The molecule has 3 N–H and O–H groups in total. The Morgan fingerprint density at radius 1 is 1.54 bits per heavy atom. The first-order valence-corrected chi connectivity index (χ1v) is 6.20. The lowest BCUT2D eigenvalue weighted by Gasteiger charge is -1.94. The molecule has 74 valence electrons. The van der Waals surface area contributed by atoms with Gasteiger partial charge in [0.05, 0.1) is 0 Å². The molecule has 0 fully saturated rings. The molecule has 0 unspecified atom stereocenters. The summed E-state index contributed by atoms with van der Waals surface area (Å²) in [5.41, 5.74) is 2.48. The average Bonchev–Trinajstić information content (AvgIpc) is 2.60. The molecular weight excluding hydrogens is 204 g/mol. The average molecular weight is 218 g/mol. The normalized spacial score (nSPS) is 10.3. The third-order valence-electron chi connectivity index (χ3n) is 1.46. The molecule has 1 aromatic heterocycles. The van der Waals surface area contributed by atoms with Gasteiger partial charge in [-0.25, -0.2) is 5.84 Å². The summed E-state index contributed by atoms with van der Waals surface area (Å²) in [6, 6.07) is 0. The highest BCUT2D eigenvalue weighted by Gasteiger charge is 2.01. The molecule has 1 rings (SSSR count). The summed E-state index contributed by atoms with van der Waals surface area (Å²) >= 11 is 3.41. The third-order valence-corrected chi connectivity index (χ3v) is 3.55. The van der Waals surface area contributed by atoms with Crippen LogP contribution in [0, 0.1) is 0 Å². The molecule has 4 nitrogen and oxygen atoms in total. The van der Waals surface area contributed by atoms with Crippen LogP contribution < -0.4 is 11.3 Å². The molecular formula is C7H14N4S2. The highest BCUT2D eigenvalue weighted by Crippen LogP contribution is 2.19. The fourth-order valence-electron chi connectivity index (χ4n) is 0.776. The van der Waals surface area contributed by atoms with E-state index in [2.05, 4.69) is 22.5 Å². The van der Waals surface area contributed by atoms with E-state index in [0.29, 0.717) is 5.13 Å². The second-order valence-electron chi connectivity index (χ2n) is 2.55. The van der Waals surface area contributed by atoms with Gasteiger partial charge in [0.15, 0.2) is 0 Å². The number of hydrogen-bond acceptors (Lipinski definition) is 6. The van der Waals surface area contributed by atoms with Gasteiger partial charge < -0.3 is 0 Å². The number of thioether (sulfide) groups is 1. The fraction of sp³-hybridized carbons (Fsp3) is 0.714. The number of anilines is 1. The lowest BCUT2D eigenvalue weighted by Crippen LogP contribution is -2.05.